The van der Waals surface area contributed by atoms with E-state index < -0.39 is 5.60 Å². The van der Waals surface area contributed by atoms with Gasteiger partial charge in [-0.15, -0.1) is 0 Å². The molecule has 1 atom stereocenters. The summed E-state index contributed by atoms with van der Waals surface area (Å²) in [7, 11) is 0. The van der Waals surface area contributed by atoms with Gasteiger partial charge < -0.3 is 14.4 Å². The summed E-state index contributed by atoms with van der Waals surface area (Å²) in [6, 6.07) is 0. The fourth-order valence-corrected chi connectivity index (χ4v) is 1.46. The van der Waals surface area contributed by atoms with Gasteiger partial charge in [0.2, 0.25) is 0 Å². The minimum atomic E-state index is -0.420. The predicted octanol–water partition coefficient (Wildman–Crippen LogP) is 2.03. The Bertz CT molecular complexity index is 222. The van der Waals surface area contributed by atoms with Crippen LogP contribution in [0.25, 0.3) is 0 Å². The average Bonchev–Trinajstić information content (AvgIpc) is 2.15. The van der Waals surface area contributed by atoms with E-state index in [9.17, 15) is 4.79 Å². The van der Waals surface area contributed by atoms with Crippen LogP contribution in [0.3, 0.4) is 0 Å². The molecule has 1 heterocycles. The van der Waals surface area contributed by atoms with Crippen molar-refractivity contribution < 1.29 is 14.3 Å². The molecule has 0 unspecified atom stereocenters. The molecule has 0 bridgehead atoms. The molecule has 0 aromatic rings. The molecular weight excluding hydrogens is 194 g/mol. The van der Waals surface area contributed by atoms with Gasteiger partial charge in [0, 0.05) is 6.54 Å². The van der Waals surface area contributed by atoms with Crippen LogP contribution in [0.1, 0.15) is 34.1 Å². The first kappa shape index (κ1) is 12.3. The highest BCUT2D eigenvalue weighted by atomic mass is 16.6. The molecular formula is C11H21NO3. The topological polar surface area (TPSA) is 38.8 Å². The second kappa shape index (κ2) is 4.84. The molecule has 1 fully saturated rings. The van der Waals surface area contributed by atoms with E-state index >= 15 is 0 Å². The van der Waals surface area contributed by atoms with E-state index in [2.05, 4.69) is 6.92 Å². The highest BCUT2D eigenvalue weighted by Crippen LogP contribution is 2.13. The number of rotatable bonds is 1. The molecule has 1 rings (SSSR count). The van der Waals surface area contributed by atoms with E-state index in [1.54, 1.807) is 4.90 Å². The van der Waals surface area contributed by atoms with E-state index in [0.717, 1.165) is 6.42 Å². The van der Waals surface area contributed by atoms with Crippen LogP contribution in [0, 0.1) is 0 Å². The summed E-state index contributed by atoms with van der Waals surface area (Å²) in [5.41, 5.74) is -0.420. The van der Waals surface area contributed by atoms with Gasteiger partial charge in [-0.2, -0.15) is 0 Å². The zero-order chi connectivity index (χ0) is 11.5. The minimum Gasteiger partial charge on any atom is -0.444 e. The number of hydrogen-bond donors (Lipinski definition) is 0. The van der Waals surface area contributed by atoms with E-state index in [0.29, 0.717) is 19.7 Å². The van der Waals surface area contributed by atoms with Crippen molar-refractivity contribution >= 4 is 6.09 Å². The summed E-state index contributed by atoms with van der Waals surface area (Å²) in [5, 5.41) is 0. The van der Waals surface area contributed by atoms with Crippen molar-refractivity contribution in [1.29, 1.82) is 0 Å². The van der Waals surface area contributed by atoms with Crippen LogP contribution in [0.5, 0.6) is 0 Å². The molecule has 88 valence electrons. The van der Waals surface area contributed by atoms with E-state index in [1.807, 2.05) is 20.8 Å². The normalized spacial score (nSPS) is 22.7. The zero-order valence-corrected chi connectivity index (χ0v) is 10.1. The Morgan fingerprint density at radius 2 is 2.20 bits per heavy atom. The second-order valence-corrected chi connectivity index (χ2v) is 4.83. The molecule has 0 N–H and O–H groups in total. The van der Waals surface area contributed by atoms with Crippen molar-refractivity contribution in [2.24, 2.45) is 0 Å². The molecule has 0 aromatic carbocycles. The van der Waals surface area contributed by atoms with Gasteiger partial charge in [0.15, 0.2) is 0 Å². The van der Waals surface area contributed by atoms with Gasteiger partial charge in [0.05, 0.1) is 19.3 Å². The average molecular weight is 215 g/mol. The highest BCUT2D eigenvalue weighted by molar-refractivity contribution is 5.68. The Labute approximate surface area is 91.5 Å². The standard InChI is InChI=1S/C11H21NO3/c1-5-9-8-12(6-7-14-9)10(13)15-11(2,3)4/h9H,5-8H2,1-4H3/t9-/m1/s1. The van der Waals surface area contributed by atoms with Crippen molar-refractivity contribution in [3.05, 3.63) is 0 Å². The van der Waals surface area contributed by atoms with Gasteiger partial charge in [-0.3, -0.25) is 0 Å². The monoisotopic (exact) mass is 215 g/mol. The van der Waals surface area contributed by atoms with Crippen LogP contribution in [0.15, 0.2) is 0 Å². The van der Waals surface area contributed by atoms with Gasteiger partial charge in [-0.05, 0) is 27.2 Å². The number of morpholine rings is 1. The lowest BCUT2D eigenvalue weighted by molar-refractivity contribution is -0.0428. The summed E-state index contributed by atoms with van der Waals surface area (Å²) >= 11 is 0. The third kappa shape index (κ3) is 4.08. The Kier molecular flexibility index (Phi) is 3.97. The van der Waals surface area contributed by atoms with Crippen molar-refractivity contribution in [1.82, 2.24) is 4.90 Å². The van der Waals surface area contributed by atoms with Crippen molar-refractivity contribution in [3.8, 4) is 0 Å². The van der Waals surface area contributed by atoms with Crippen LogP contribution in [0.4, 0.5) is 4.79 Å². The first-order valence-electron chi connectivity index (χ1n) is 5.52. The van der Waals surface area contributed by atoms with Crippen molar-refractivity contribution in [2.45, 2.75) is 45.8 Å². The SMILES string of the molecule is CC[C@@H]1CN(C(=O)OC(C)(C)C)CCO1. The number of carbonyl (C=O) groups excluding carboxylic acids is 1. The molecule has 0 spiro atoms. The number of hydrogen-bond acceptors (Lipinski definition) is 3. The van der Waals surface area contributed by atoms with E-state index in [1.165, 1.54) is 0 Å². The third-order valence-electron chi connectivity index (χ3n) is 2.25. The summed E-state index contributed by atoms with van der Waals surface area (Å²) < 4.78 is 10.8. The molecule has 0 aliphatic carbocycles. The minimum absolute atomic E-state index is 0.159. The van der Waals surface area contributed by atoms with E-state index in [4.69, 9.17) is 9.47 Å². The molecule has 0 aromatic heterocycles. The van der Waals surface area contributed by atoms with Crippen LogP contribution < -0.4 is 0 Å². The Morgan fingerprint density at radius 3 is 2.73 bits per heavy atom. The summed E-state index contributed by atoms with van der Waals surface area (Å²) in [6.45, 7) is 9.58. The maximum atomic E-state index is 11.7. The lowest BCUT2D eigenvalue weighted by Crippen LogP contribution is -2.47. The number of nitrogens with zero attached hydrogens (tertiary/aromatic N) is 1. The Morgan fingerprint density at radius 1 is 1.53 bits per heavy atom. The zero-order valence-electron chi connectivity index (χ0n) is 10.1. The Hall–Kier alpha value is -0.770. The van der Waals surface area contributed by atoms with Gasteiger partial charge in [-0.25, -0.2) is 4.79 Å². The molecule has 1 amide bonds. The van der Waals surface area contributed by atoms with Crippen LogP contribution in [-0.2, 0) is 9.47 Å². The summed E-state index contributed by atoms with van der Waals surface area (Å²) in [6.07, 6.45) is 0.856. The largest absolute Gasteiger partial charge is 0.444 e. The Balaban J connectivity index is 2.45. The molecule has 1 aliphatic rings. The fraction of sp³-hybridized carbons (Fsp3) is 0.909. The van der Waals surface area contributed by atoms with Crippen LogP contribution in [-0.4, -0.2) is 42.4 Å². The molecule has 1 aliphatic heterocycles. The van der Waals surface area contributed by atoms with Crippen molar-refractivity contribution in [3.63, 3.8) is 0 Å². The van der Waals surface area contributed by atoms with Gasteiger partial charge in [0.1, 0.15) is 5.60 Å². The maximum Gasteiger partial charge on any atom is 0.410 e. The van der Waals surface area contributed by atoms with Crippen LogP contribution in [0.2, 0.25) is 0 Å². The lowest BCUT2D eigenvalue weighted by Gasteiger charge is -2.33. The first-order chi connectivity index (χ1) is 6.92. The summed E-state index contributed by atoms with van der Waals surface area (Å²) in [5.74, 6) is 0. The van der Waals surface area contributed by atoms with Gasteiger partial charge in [-0.1, -0.05) is 6.92 Å². The second-order valence-electron chi connectivity index (χ2n) is 4.83. The molecule has 1 saturated heterocycles. The first-order valence-corrected chi connectivity index (χ1v) is 5.52. The molecule has 15 heavy (non-hydrogen) atoms. The quantitative estimate of drug-likeness (QED) is 0.672. The fourth-order valence-electron chi connectivity index (χ4n) is 1.46. The molecule has 0 radical (unpaired) electrons. The summed E-state index contributed by atoms with van der Waals surface area (Å²) in [4.78, 5) is 13.4. The van der Waals surface area contributed by atoms with E-state index in [-0.39, 0.29) is 12.2 Å². The highest BCUT2D eigenvalue weighted by Gasteiger charge is 2.27. The molecule has 4 heteroatoms. The maximum absolute atomic E-state index is 11.7. The predicted molar refractivity (Wildman–Crippen MR) is 57.8 cm³/mol. The number of ether oxygens (including phenoxy) is 2. The van der Waals surface area contributed by atoms with Crippen molar-refractivity contribution in [2.75, 3.05) is 19.7 Å². The van der Waals surface area contributed by atoms with Gasteiger partial charge in [0.25, 0.3) is 0 Å². The molecule has 0 saturated carbocycles. The number of carbonyl (C=O) groups is 1. The number of amides is 1. The smallest absolute Gasteiger partial charge is 0.410 e. The third-order valence-corrected chi connectivity index (χ3v) is 2.25. The van der Waals surface area contributed by atoms with Crippen LogP contribution >= 0.6 is 0 Å². The van der Waals surface area contributed by atoms with Gasteiger partial charge >= 0.3 is 6.09 Å². The molecule has 4 nitrogen and oxygen atoms in total. The lowest BCUT2D eigenvalue weighted by atomic mass is 10.2.